The molecule has 0 aliphatic carbocycles. The Morgan fingerprint density at radius 1 is 0.912 bits per heavy atom. The van der Waals surface area contributed by atoms with Crippen molar-refractivity contribution < 1.29 is 13.2 Å². The molecule has 2 aromatic carbocycles. The first kappa shape index (κ1) is 21.5. The minimum atomic E-state index is -0.680. The Balaban J connectivity index is 1.56. The van der Waals surface area contributed by atoms with E-state index in [0.29, 0.717) is 16.9 Å². The molecule has 0 radical (unpaired) electrons. The van der Waals surface area contributed by atoms with Gasteiger partial charge in [-0.2, -0.15) is 0 Å². The molecule has 0 aliphatic heterocycles. The SMILES string of the molecule is C=C(Nc1ccc(F)cc1)c1cc(-c2cccn3c(-c4c(F)cccc4F)ncc23)cnc1C. The Morgan fingerprint density at radius 3 is 2.38 bits per heavy atom. The topological polar surface area (TPSA) is 42.2 Å². The van der Waals surface area contributed by atoms with Gasteiger partial charge in [-0.25, -0.2) is 18.2 Å². The molecule has 0 amide bonds. The molecule has 3 heterocycles. The van der Waals surface area contributed by atoms with E-state index < -0.39 is 11.6 Å². The van der Waals surface area contributed by atoms with E-state index in [1.165, 1.54) is 30.3 Å². The van der Waals surface area contributed by atoms with Gasteiger partial charge in [-0.3, -0.25) is 9.38 Å². The van der Waals surface area contributed by atoms with Crippen molar-refractivity contribution in [3.05, 3.63) is 115 Å². The van der Waals surface area contributed by atoms with Crippen LogP contribution in [-0.2, 0) is 0 Å². The number of hydrogen-bond donors (Lipinski definition) is 1. The summed E-state index contributed by atoms with van der Waals surface area (Å²) in [4.78, 5) is 8.84. The quantitative estimate of drug-likeness (QED) is 0.314. The number of benzene rings is 2. The Hall–Kier alpha value is -4.39. The summed E-state index contributed by atoms with van der Waals surface area (Å²) in [6, 6.07) is 15.4. The maximum absolute atomic E-state index is 14.4. The van der Waals surface area contributed by atoms with Crippen LogP contribution in [-0.4, -0.2) is 14.4 Å². The maximum atomic E-state index is 14.4. The third kappa shape index (κ3) is 3.81. The second-order valence-corrected chi connectivity index (χ2v) is 7.82. The summed E-state index contributed by atoms with van der Waals surface area (Å²) in [6.45, 7) is 5.99. The minimum absolute atomic E-state index is 0.176. The van der Waals surface area contributed by atoms with Crippen LogP contribution >= 0.6 is 0 Å². The van der Waals surface area contributed by atoms with Crippen LogP contribution in [0.5, 0.6) is 0 Å². The molecule has 0 bridgehead atoms. The Bertz CT molecular complexity index is 1520. The van der Waals surface area contributed by atoms with Gasteiger partial charge in [0.05, 0.1) is 17.3 Å². The molecule has 0 saturated heterocycles. The first-order valence-electron chi connectivity index (χ1n) is 10.5. The van der Waals surface area contributed by atoms with E-state index in [-0.39, 0.29) is 17.2 Å². The molecule has 5 rings (SSSR count). The molecule has 1 N–H and O–H groups in total. The Morgan fingerprint density at radius 2 is 1.65 bits per heavy atom. The average molecular weight is 456 g/mol. The largest absolute Gasteiger partial charge is 0.355 e. The molecule has 34 heavy (non-hydrogen) atoms. The lowest BCUT2D eigenvalue weighted by molar-refractivity contribution is 0.587. The van der Waals surface area contributed by atoms with Crippen LogP contribution in [0.4, 0.5) is 18.9 Å². The zero-order chi connectivity index (χ0) is 23.8. The van der Waals surface area contributed by atoms with Crippen molar-refractivity contribution >= 4 is 16.9 Å². The fourth-order valence-corrected chi connectivity index (χ4v) is 3.92. The standard InChI is InChI=1S/C27H19F3N4/c1-16-22(17(2)33-20-10-8-19(28)9-11-20)13-18(14-31-16)21-5-4-12-34-25(21)15-32-27(34)26-23(29)6-3-7-24(26)30/h3-15,33H,2H2,1H3. The number of aryl methyl sites for hydroxylation is 1. The number of anilines is 1. The highest BCUT2D eigenvalue weighted by Gasteiger charge is 2.18. The number of fused-ring (bicyclic) bond motifs is 1. The van der Waals surface area contributed by atoms with Crippen molar-refractivity contribution in [3.63, 3.8) is 0 Å². The zero-order valence-electron chi connectivity index (χ0n) is 18.2. The molecular weight excluding hydrogens is 437 g/mol. The second kappa shape index (κ2) is 8.51. The van der Waals surface area contributed by atoms with Gasteiger partial charge in [-0.05, 0) is 55.5 Å². The van der Waals surface area contributed by atoms with Crippen molar-refractivity contribution in [3.8, 4) is 22.5 Å². The van der Waals surface area contributed by atoms with Crippen molar-refractivity contribution in [2.45, 2.75) is 6.92 Å². The van der Waals surface area contributed by atoms with Gasteiger partial charge < -0.3 is 5.32 Å². The molecule has 0 saturated carbocycles. The maximum Gasteiger partial charge on any atom is 0.150 e. The molecule has 7 heteroatoms. The number of pyridine rings is 2. The summed E-state index contributed by atoms with van der Waals surface area (Å²) in [5.74, 6) is -1.50. The van der Waals surface area contributed by atoms with Crippen LogP contribution in [0, 0.1) is 24.4 Å². The van der Waals surface area contributed by atoms with Gasteiger partial charge >= 0.3 is 0 Å². The van der Waals surface area contributed by atoms with Crippen LogP contribution in [0.3, 0.4) is 0 Å². The fourth-order valence-electron chi connectivity index (χ4n) is 3.92. The predicted octanol–water partition coefficient (Wildman–Crippen LogP) is 6.87. The normalized spacial score (nSPS) is 11.1. The number of aromatic nitrogens is 3. The van der Waals surface area contributed by atoms with E-state index in [1.807, 2.05) is 19.1 Å². The van der Waals surface area contributed by atoms with Crippen LogP contribution in [0.2, 0.25) is 0 Å². The van der Waals surface area contributed by atoms with E-state index in [1.54, 1.807) is 41.2 Å². The Labute approximate surface area is 194 Å². The second-order valence-electron chi connectivity index (χ2n) is 7.82. The van der Waals surface area contributed by atoms with Gasteiger partial charge in [-0.15, -0.1) is 0 Å². The average Bonchev–Trinajstić information content (AvgIpc) is 3.25. The molecule has 5 aromatic rings. The number of imidazole rings is 1. The minimum Gasteiger partial charge on any atom is -0.355 e. The van der Waals surface area contributed by atoms with Gasteiger partial charge in [0.1, 0.15) is 23.3 Å². The first-order chi connectivity index (χ1) is 16.4. The van der Waals surface area contributed by atoms with E-state index in [0.717, 1.165) is 22.4 Å². The monoisotopic (exact) mass is 456 g/mol. The van der Waals surface area contributed by atoms with Crippen LogP contribution in [0.1, 0.15) is 11.3 Å². The predicted molar refractivity (Wildman–Crippen MR) is 128 cm³/mol. The lowest BCUT2D eigenvalue weighted by atomic mass is 10.0. The van der Waals surface area contributed by atoms with Crippen molar-refractivity contribution in [2.24, 2.45) is 0 Å². The summed E-state index contributed by atoms with van der Waals surface area (Å²) in [5.41, 5.74) is 4.92. The van der Waals surface area contributed by atoms with Gasteiger partial charge in [0, 0.05) is 46.2 Å². The van der Waals surface area contributed by atoms with Crippen LogP contribution in [0.25, 0.3) is 33.7 Å². The molecule has 3 aromatic heterocycles. The van der Waals surface area contributed by atoms with Crippen molar-refractivity contribution in [1.82, 2.24) is 14.4 Å². The van der Waals surface area contributed by atoms with Gasteiger partial charge in [0.15, 0.2) is 0 Å². The van der Waals surface area contributed by atoms with E-state index >= 15 is 0 Å². The first-order valence-corrected chi connectivity index (χ1v) is 10.5. The van der Waals surface area contributed by atoms with Crippen molar-refractivity contribution in [1.29, 1.82) is 0 Å². The molecule has 0 aliphatic rings. The molecule has 0 unspecified atom stereocenters. The highest BCUT2D eigenvalue weighted by molar-refractivity contribution is 5.85. The molecular formula is C27H19F3N4. The summed E-state index contributed by atoms with van der Waals surface area (Å²) in [6.07, 6.45) is 5.03. The highest BCUT2D eigenvalue weighted by atomic mass is 19.1. The van der Waals surface area contributed by atoms with Crippen LogP contribution in [0.15, 0.2) is 85.8 Å². The number of nitrogens with one attached hydrogen (secondary N) is 1. The van der Waals surface area contributed by atoms with Gasteiger partial charge in [0.25, 0.3) is 0 Å². The van der Waals surface area contributed by atoms with Crippen LogP contribution < -0.4 is 5.32 Å². The number of nitrogens with zero attached hydrogens (tertiary/aromatic N) is 3. The van der Waals surface area contributed by atoms with Crippen molar-refractivity contribution in [2.75, 3.05) is 5.32 Å². The van der Waals surface area contributed by atoms with E-state index in [9.17, 15) is 13.2 Å². The summed E-state index contributed by atoms with van der Waals surface area (Å²) < 4.78 is 43.7. The molecule has 168 valence electrons. The molecule has 4 nitrogen and oxygen atoms in total. The number of halogens is 3. The third-order valence-electron chi connectivity index (χ3n) is 5.62. The van der Waals surface area contributed by atoms with E-state index in [4.69, 9.17) is 0 Å². The summed E-state index contributed by atoms with van der Waals surface area (Å²) in [7, 11) is 0. The fraction of sp³-hybridized carbons (Fsp3) is 0.0370. The smallest absolute Gasteiger partial charge is 0.150 e. The lowest BCUT2D eigenvalue weighted by Gasteiger charge is -2.14. The van der Waals surface area contributed by atoms with Gasteiger partial charge in [-0.1, -0.05) is 18.7 Å². The highest BCUT2D eigenvalue weighted by Crippen LogP contribution is 2.32. The lowest BCUT2D eigenvalue weighted by Crippen LogP contribution is -2.02. The van der Waals surface area contributed by atoms with Gasteiger partial charge in [0.2, 0.25) is 0 Å². The molecule has 0 atom stereocenters. The zero-order valence-corrected chi connectivity index (χ0v) is 18.2. The number of hydrogen-bond acceptors (Lipinski definition) is 3. The third-order valence-corrected chi connectivity index (χ3v) is 5.62. The summed E-state index contributed by atoms with van der Waals surface area (Å²) >= 11 is 0. The number of rotatable bonds is 5. The van der Waals surface area contributed by atoms with E-state index in [2.05, 4.69) is 21.9 Å². The Kier molecular flexibility index (Phi) is 5.37. The molecule has 0 spiro atoms. The molecule has 0 fully saturated rings. The summed E-state index contributed by atoms with van der Waals surface area (Å²) in [5, 5.41) is 3.18.